The molecule has 0 radical (unpaired) electrons. The molecule has 0 unspecified atom stereocenters. The number of nitro benzene ring substituents is 2. The van der Waals surface area contributed by atoms with Gasteiger partial charge in [-0.1, -0.05) is 30.3 Å². The first-order valence-corrected chi connectivity index (χ1v) is 8.74. The summed E-state index contributed by atoms with van der Waals surface area (Å²) in [6, 6.07) is 22.7. The zero-order chi connectivity index (χ0) is 17.8. The normalized spacial score (nSPS) is 10.6. The number of nitrogens with zero attached hydrogens (tertiary/aromatic N) is 2. The van der Waals surface area contributed by atoms with E-state index in [4.69, 9.17) is 0 Å². The van der Waals surface area contributed by atoms with E-state index in [1.807, 2.05) is 30.3 Å². The summed E-state index contributed by atoms with van der Waals surface area (Å²) in [6.45, 7) is 0. The number of non-ortho nitro benzene ring substituents is 2. The van der Waals surface area contributed by atoms with Gasteiger partial charge in [0.2, 0.25) is 0 Å². The number of nitro groups is 2. The van der Waals surface area contributed by atoms with Crippen LogP contribution in [0.5, 0.6) is 0 Å². The first kappa shape index (κ1) is 16.7. The molecule has 0 saturated heterocycles. The molecular weight excluding hydrogens is 339 g/mol. The van der Waals surface area contributed by atoms with E-state index in [2.05, 4.69) is 0 Å². The minimum atomic E-state index is -0.955. The van der Waals surface area contributed by atoms with Crippen molar-refractivity contribution >= 4 is 35.2 Å². The van der Waals surface area contributed by atoms with Crippen LogP contribution in [-0.4, -0.2) is 9.85 Å². The van der Waals surface area contributed by atoms with E-state index in [1.165, 1.54) is 24.3 Å². The molecule has 0 saturated carbocycles. The van der Waals surface area contributed by atoms with Gasteiger partial charge in [0.1, 0.15) is 0 Å². The molecule has 0 aliphatic heterocycles. The number of hydrogen-bond acceptors (Lipinski definition) is 4. The Morgan fingerprint density at radius 1 is 0.560 bits per heavy atom. The topological polar surface area (TPSA) is 86.3 Å². The Hall–Kier alpha value is -3.11. The number of rotatable bonds is 5. The van der Waals surface area contributed by atoms with Crippen molar-refractivity contribution in [2.45, 2.75) is 0 Å². The summed E-state index contributed by atoms with van der Waals surface area (Å²) in [7, 11) is -0.955. The molecule has 0 atom stereocenters. The van der Waals surface area contributed by atoms with Crippen LogP contribution in [0.2, 0.25) is 0 Å². The monoisotopic (exact) mass is 352 g/mol. The van der Waals surface area contributed by atoms with E-state index >= 15 is 0 Å². The second-order valence-corrected chi connectivity index (χ2v) is 7.44. The van der Waals surface area contributed by atoms with Gasteiger partial charge in [0.25, 0.3) is 11.4 Å². The Kier molecular flexibility index (Phi) is 4.82. The maximum atomic E-state index is 10.9. The molecule has 0 spiro atoms. The summed E-state index contributed by atoms with van der Waals surface area (Å²) in [5.41, 5.74) is 0.0749. The third-order valence-corrected chi connectivity index (χ3v) is 6.10. The van der Waals surface area contributed by atoms with Gasteiger partial charge < -0.3 is 0 Å². The van der Waals surface area contributed by atoms with Crippen molar-refractivity contribution in [3.8, 4) is 0 Å². The van der Waals surface area contributed by atoms with Crippen LogP contribution in [0.4, 0.5) is 11.4 Å². The highest BCUT2D eigenvalue weighted by Crippen LogP contribution is 2.33. The first-order chi connectivity index (χ1) is 12.1. The fraction of sp³-hybridized carbons (Fsp3) is 0. The molecule has 0 bridgehead atoms. The molecule has 3 aromatic carbocycles. The molecule has 3 aromatic rings. The van der Waals surface area contributed by atoms with Crippen molar-refractivity contribution in [1.82, 2.24) is 0 Å². The zero-order valence-electron chi connectivity index (χ0n) is 13.0. The van der Waals surface area contributed by atoms with Crippen molar-refractivity contribution in [2.75, 3.05) is 0 Å². The fourth-order valence-corrected chi connectivity index (χ4v) is 4.73. The summed E-state index contributed by atoms with van der Waals surface area (Å²) < 4.78 is 0. The number of hydrogen-bond donors (Lipinski definition) is 0. The van der Waals surface area contributed by atoms with E-state index in [1.54, 1.807) is 24.3 Å². The molecule has 0 aliphatic rings. The van der Waals surface area contributed by atoms with Crippen LogP contribution in [0.25, 0.3) is 0 Å². The molecule has 0 aromatic heterocycles. The highest BCUT2D eigenvalue weighted by Gasteiger charge is 2.18. The highest BCUT2D eigenvalue weighted by atomic mass is 31.1. The van der Waals surface area contributed by atoms with Crippen LogP contribution in [-0.2, 0) is 0 Å². The van der Waals surface area contributed by atoms with Crippen LogP contribution in [0.15, 0.2) is 78.9 Å². The second kappa shape index (κ2) is 7.20. The van der Waals surface area contributed by atoms with Gasteiger partial charge in [-0.2, -0.15) is 0 Å². The van der Waals surface area contributed by atoms with Gasteiger partial charge in [-0.3, -0.25) is 20.2 Å². The van der Waals surface area contributed by atoms with Crippen molar-refractivity contribution in [3.05, 3.63) is 99.1 Å². The molecule has 124 valence electrons. The van der Waals surface area contributed by atoms with E-state index in [0.29, 0.717) is 0 Å². The SMILES string of the molecule is O=[N+]([O-])c1ccc(P(c2ccccc2)c2ccc([N+](=O)[O-])cc2)cc1. The Labute approximate surface area is 144 Å². The van der Waals surface area contributed by atoms with Crippen LogP contribution < -0.4 is 15.9 Å². The molecule has 3 rings (SSSR count). The third kappa shape index (κ3) is 3.70. The lowest BCUT2D eigenvalue weighted by atomic mass is 10.3. The minimum absolute atomic E-state index is 0.0375. The predicted octanol–water partition coefficient (Wildman–Crippen LogP) is 3.26. The van der Waals surface area contributed by atoms with Gasteiger partial charge in [-0.15, -0.1) is 0 Å². The van der Waals surface area contributed by atoms with Gasteiger partial charge >= 0.3 is 0 Å². The van der Waals surface area contributed by atoms with E-state index in [9.17, 15) is 20.2 Å². The van der Waals surface area contributed by atoms with Gasteiger partial charge in [0, 0.05) is 24.3 Å². The van der Waals surface area contributed by atoms with Gasteiger partial charge in [0.05, 0.1) is 9.85 Å². The highest BCUT2D eigenvalue weighted by molar-refractivity contribution is 7.79. The van der Waals surface area contributed by atoms with Gasteiger partial charge in [0.15, 0.2) is 0 Å². The predicted molar refractivity (Wildman–Crippen MR) is 98.5 cm³/mol. The first-order valence-electron chi connectivity index (χ1n) is 7.40. The van der Waals surface area contributed by atoms with Crippen LogP contribution in [0.3, 0.4) is 0 Å². The van der Waals surface area contributed by atoms with Crippen LogP contribution in [0, 0.1) is 20.2 Å². The van der Waals surface area contributed by atoms with Crippen molar-refractivity contribution in [1.29, 1.82) is 0 Å². The Morgan fingerprint density at radius 2 is 0.920 bits per heavy atom. The van der Waals surface area contributed by atoms with Gasteiger partial charge in [-0.05, 0) is 48.1 Å². The second-order valence-electron chi connectivity index (χ2n) is 5.22. The summed E-state index contributed by atoms with van der Waals surface area (Å²) in [5.74, 6) is 0. The summed E-state index contributed by atoms with van der Waals surface area (Å²) in [5, 5.41) is 24.7. The Bertz CT molecular complexity index is 839. The molecule has 0 N–H and O–H groups in total. The molecular formula is C18H13N2O4P. The smallest absolute Gasteiger partial charge is 0.258 e. The summed E-state index contributed by atoms with van der Waals surface area (Å²) >= 11 is 0. The quantitative estimate of drug-likeness (QED) is 0.401. The molecule has 6 nitrogen and oxygen atoms in total. The summed E-state index contributed by atoms with van der Waals surface area (Å²) in [6.07, 6.45) is 0. The Balaban J connectivity index is 2.07. The molecule has 7 heteroatoms. The van der Waals surface area contributed by atoms with E-state index < -0.39 is 17.8 Å². The standard InChI is InChI=1S/C18H13N2O4P/c21-19(22)14-6-10-17(11-7-14)25(16-4-2-1-3-5-16)18-12-8-15(9-13-18)20(23)24/h1-13H. The molecule has 25 heavy (non-hydrogen) atoms. The van der Waals surface area contributed by atoms with Crippen molar-refractivity contribution in [2.24, 2.45) is 0 Å². The third-order valence-electron chi connectivity index (χ3n) is 3.65. The molecule has 0 aliphatic carbocycles. The summed E-state index contributed by atoms with van der Waals surface area (Å²) in [4.78, 5) is 20.9. The van der Waals surface area contributed by atoms with E-state index in [-0.39, 0.29) is 11.4 Å². The van der Waals surface area contributed by atoms with E-state index in [0.717, 1.165) is 15.9 Å². The average molecular weight is 352 g/mol. The lowest BCUT2D eigenvalue weighted by molar-refractivity contribution is -0.385. The molecule has 0 heterocycles. The largest absolute Gasteiger partial charge is 0.269 e. The maximum absolute atomic E-state index is 10.9. The molecule has 0 amide bonds. The van der Waals surface area contributed by atoms with Crippen LogP contribution >= 0.6 is 7.92 Å². The Morgan fingerprint density at radius 3 is 1.28 bits per heavy atom. The average Bonchev–Trinajstić information content (AvgIpc) is 2.64. The molecule has 0 fully saturated rings. The van der Waals surface area contributed by atoms with Crippen molar-refractivity contribution < 1.29 is 9.85 Å². The minimum Gasteiger partial charge on any atom is -0.258 e. The zero-order valence-corrected chi connectivity index (χ0v) is 13.9. The van der Waals surface area contributed by atoms with Crippen LogP contribution in [0.1, 0.15) is 0 Å². The fourth-order valence-electron chi connectivity index (χ4n) is 2.47. The lowest BCUT2D eigenvalue weighted by Gasteiger charge is -2.19. The van der Waals surface area contributed by atoms with Gasteiger partial charge in [-0.25, -0.2) is 0 Å². The maximum Gasteiger partial charge on any atom is 0.269 e. The van der Waals surface area contributed by atoms with Crippen molar-refractivity contribution in [3.63, 3.8) is 0 Å². The number of benzene rings is 3. The lowest BCUT2D eigenvalue weighted by Crippen LogP contribution is -2.20.